The zero-order valence-corrected chi connectivity index (χ0v) is 19.9. The van der Waals surface area contributed by atoms with Crippen molar-refractivity contribution in [3.63, 3.8) is 0 Å². The summed E-state index contributed by atoms with van der Waals surface area (Å²) in [7, 11) is 1.38. The molecule has 0 saturated heterocycles. The van der Waals surface area contributed by atoms with E-state index in [9.17, 15) is 9.50 Å². The second kappa shape index (κ2) is 8.97. The van der Waals surface area contributed by atoms with Crippen molar-refractivity contribution in [3.8, 4) is 35.4 Å². The van der Waals surface area contributed by atoms with Crippen LogP contribution in [-0.2, 0) is 6.54 Å². The first-order chi connectivity index (χ1) is 18.5. The molecule has 186 valence electrons. The lowest BCUT2D eigenvalue weighted by Gasteiger charge is -2.14. The SMILES string of the molecule is C#Cc1c(F)ccc2cc(O)cc(-c3ncc4c(NCc5c[nH]c6ncccc56)nc(OC)nc4c3F)c12. The number of benzene rings is 2. The summed E-state index contributed by atoms with van der Waals surface area (Å²) in [6.45, 7) is 0.354. The van der Waals surface area contributed by atoms with E-state index in [1.165, 1.54) is 37.6 Å². The molecule has 2 aromatic carbocycles. The van der Waals surface area contributed by atoms with Crippen LogP contribution in [0.2, 0.25) is 0 Å². The van der Waals surface area contributed by atoms with Crippen LogP contribution in [-0.4, -0.2) is 37.1 Å². The number of hydrogen-bond acceptors (Lipinski definition) is 7. The highest BCUT2D eigenvalue weighted by molar-refractivity contribution is 6.03. The fourth-order valence-electron chi connectivity index (χ4n) is 4.54. The normalized spacial score (nSPS) is 11.2. The van der Waals surface area contributed by atoms with Gasteiger partial charge in [-0.25, -0.2) is 13.8 Å². The lowest BCUT2D eigenvalue weighted by Crippen LogP contribution is -2.06. The molecular weight excluding hydrogens is 490 g/mol. The summed E-state index contributed by atoms with van der Waals surface area (Å²) in [4.78, 5) is 20.3. The average Bonchev–Trinajstić information content (AvgIpc) is 3.35. The molecule has 0 amide bonds. The Hall–Kier alpha value is -5.30. The molecule has 10 heteroatoms. The number of halogens is 2. The fourth-order valence-corrected chi connectivity index (χ4v) is 4.54. The Bertz CT molecular complexity index is 1930. The monoisotopic (exact) mass is 508 g/mol. The maximum Gasteiger partial charge on any atom is 0.318 e. The number of hydrogen-bond donors (Lipinski definition) is 3. The number of aromatic hydroxyl groups is 1. The molecule has 8 nitrogen and oxygen atoms in total. The number of methoxy groups -OCH3 is 1. The summed E-state index contributed by atoms with van der Waals surface area (Å²) in [6.07, 6.45) is 10.5. The van der Waals surface area contributed by atoms with Crippen molar-refractivity contribution < 1.29 is 18.6 Å². The molecule has 0 radical (unpaired) electrons. The quantitative estimate of drug-likeness (QED) is 0.271. The first kappa shape index (κ1) is 23.1. The molecule has 0 unspecified atom stereocenters. The van der Waals surface area contributed by atoms with Gasteiger partial charge in [0.25, 0.3) is 0 Å². The lowest BCUT2D eigenvalue weighted by atomic mass is 9.96. The van der Waals surface area contributed by atoms with Gasteiger partial charge in [0.1, 0.15) is 34.2 Å². The van der Waals surface area contributed by atoms with E-state index in [1.807, 2.05) is 18.3 Å². The highest BCUT2D eigenvalue weighted by Gasteiger charge is 2.21. The van der Waals surface area contributed by atoms with Crippen LogP contribution < -0.4 is 10.1 Å². The van der Waals surface area contributed by atoms with Gasteiger partial charge in [0, 0.05) is 41.5 Å². The van der Waals surface area contributed by atoms with Crippen molar-refractivity contribution in [2.24, 2.45) is 0 Å². The summed E-state index contributed by atoms with van der Waals surface area (Å²) in [5.41, 5.74) is 1.52. The Morgan fingerprint density at radius 3 is 2.82 bits per heavy atom. The van der Waals surface area contributed by atoms with Crippen LogP contribution in [0.3, 0.4) is 0 Å². The van der Waals surface area contributed by atoms with Gasteiger partial charge in [-0.15, -0.1) is 6.42 Å². The number of aromatic amines is 1. The smallest absolute Gasteiger partial charge is 0.318 e. The number of phenolic OH excluding ortho intramolecular Hbond substituents is 1. The predicted molar refractivity (Wildman–Crippen MR) is 140 cm³/mol. The average molecular weight is 508 g/mol. The van der Waals surface area contributed by atoms with Crippen LogP contribution in [0.25, 0.3) is 44.0 Å². The van der Waals surface area contributed by atoms with E-state index in [0.29, 0.717) is 23.1 Å². The largest absolute Gasteiger partial charge is 0.508 e. The van der Waals surface area contributed by atoms with E-state index >= 15 is 4.39 Å². The third-order valence-electron chi connectivity index (χ3n) is 6.28. The van der Waals surface area contributed by atoms with Crippen molar-refractivity contribution in [2.75, 3.05) is 12.4 Å². The molecule has 0 aliphatic heterocycles. The molecule has 0 fully saturated rings. The molecule has 38 heavy (non-hydrogen) atoms. The molecule has 0 atom stereocenters. The third-order valence-corrected chi connectivity index (χ3v) is 6.28. The molecule has 0 aliphatic carbocycles. The number of aromatic nitrogens is 5. The Balaban J connectivity index is 1.51. The van der Waals surface area contributed by atoms with E-state index in [0.717, 1.165) is 16.6 Å². The number of pyridine rings is 2. The van der Waals surface area contributed by atoms with E-state index in [4.69, 9.17) is 11.2 Å². The van der Waals surface area contributed by atoms with Crippen LogP contribution in [0.5, 0.6) is 11.8 Å². The molecule has 0 aliphatic rings. The zero-order valence-electron chi connectivity index (χ0n) is 19.9. The maximum absolute atomic E-state index is 16.1. The van der Waals surface area contributed by atoms with Gasteiger partial charge in [0.2, 0.25) is 0 Å². The molecule has 0 spiro atoms. The maximum atomic E-state index is 16.1. The topological polar surface area (TPSA) is 109 Å². The summed E-state index contributed by atoms with van der Waals surface area (Å²) in [5.74, 6) is 1.03. The van der Waals surface area contributed by atoms with Crippen molar-refractivity contribution in [3.05, 3.63) is 77.8 Å². The summed E-state index contributed by atoms with van der Waals surface area (Å²) in [5, 5.41) is 15.4. The minimum Gasteiger partial charge on any atom is -0.508 e. The highest BCUT2D eigenvalue weighted by atomic mass is 19.1. The van der Waals surface area contributed by atoms with Crippen LogP contribution in [0, 0.1) is 24.0 Å². The summed E-state index contributed by atoms with van der Waals surface area (Å²) in [6, 6.07) is 9.09. The number of fused-ring (bicyclic) bond motifs is 3. The van der Waals surface area contributed by atoms with Gasteiger partial charge in [-0.05, 0) is 41.3 Å². The standard InChI is InChI=1S/C28H18F2N6O2/c1-3-17-21(29)7-6-14-9-16(37)10-19(22(14)17)24-23(30)25-20(13-32-24)27(36-28(35-25)38-2)34-12-15-11-33-26-18(15)5-4-8-31-26/h1,4-11,13,37H,12H2,2H3,(H,31,33)(H,34,35,36). The molecule has 6 aromatic rings. The van der Waals surface area contributed by atoms with Gasteiger partial charge in [0.05, 0.1) is 18.1 Å². The first-order valence-electron chi connectivity index (χ1n) is 11.5. The highest BCUT2D eigenvalue weighted by Crippen LogP contribution is 2.38. The molecule has 4 heterocycles. The van der Waals surface area contributed by atoms with Crippen LogP contribution in [0.15, 0.2) is 55.0 Å². The number of phenols is 1. The molecule has 0 bridgehead atoms. The zero-order chi connectivity index (χ0) is 26.4. The van der Waals surface area contributed by atoms with Crippen molar-refractivity contribution in [1.29, 1.82) is 0 Å². The first-order valence-corrected chi connectivity index (χ1v) is 11.5. The fraction of sp³-hybridized carbons (Fsp3) is 0.0714. The van der Waals surface area contributed by atoms with Crippen molar-refractivity contribution >= 4 is 38.5 Å². The second-order valence-corrected chi connectivity index (χ2v) is 8.47. The van der Waals surface area contributed by atoms with Gasteiger partial charge in [0.15, 0.2) is 5.82 Å². The van der Waals surface area contributed by atoms with E-state index in [2.05, 4.69) is 36.2 Å². The number of nitrogens with one attached hydrogen (secondary N) is 2. The van der Waals surface area contributed by atoms with Gasteiger partial charge < -0.3 is 20.1 Å². The lowest BCUT2D eigenvalue weighted by molar-refractivity contribution is 0.382. The molecular formula is C28H18F2N6O2. The van der Waals surface area contributed by atoms with Crippen LogP contribution >= 0.6 is 0 Å². The number of terminal acetylenes is 1. The number of nitrogens with zero attached hydrogens (tertiary/aromatic N) is 4. The number of ether oxygens (including phenoxy) is 1. The van der Waals surface area contributed by atoms with Crippen molar-refractivity contribution in [1.82, 2.24) is 24.9 Å². The molecule has 0 saturated carbocycles. The van der Waals surface area contributed by atoms with E-state index in [-0.39, 0.29) is 39.5 Å². The number of anilines is 1. The van der Waals surface area contributed by atoms with E-state index < -0.39 is 11.6 Å². The van der Waals surface area contributed by atoms with Gasteiger partial charge in [-0.3, -0.25) is 4.98 Å². The predicted octanol–water partition coefficient (Wildman–Crippen LogP) is 5.31. The second-order valence-electron chi connectivity index (χ2n) is 8.47. The Labute approximate surface area is 214 Å². The van der Waals surface area contributed by atoms with E-state index in [1.54, 1.807) is 6.20 Å². The van der Waals surface area contributed by atoms with Crippen LogP contribution in [0.4, 0.5) is 14.6 Å². The summed E-state index contributed by atoms with van der Waals surface area (Å²) >= 11 is 0. The minimum absolute atomic E-state index is 0.0605. The van der Waals surface area contributed by atoms with Gasteiger partial charge >= 0.3 is 6.01 Å². The Morgan fingerprint density at radius 2 is 2.00 bits per heavy atom. The minimum atomic E-state index is -0.804. The van der Waals surface area contributed by atoms with Crippen LogP contribution in [0.1, 0.15) is 11.1 Å². The summed E-state index contributed by atoms with van der Waals surface area (Å²) < 4.78 is 35.9. The number of rotatable bonds is 5. The van der Waals surface area contributed by atoms with Gasteiger partial charge in [-0.2, -0.15) is 9.97 Å². The Morgan fingerprint density at radius 1 is 1.13 bits per heavy atom. The molecule has 6 rings (SSSR count). The molecule has 3 N–H and O–H groups in total. The van der Waals surface area contributed by atoms with Crippen molar-refractivity contribution in [2.45, 2.75) is 6.54 Å². The number of H-pyrrole nitrogens is 1. The molecule has 4 aromatic heterocycles. The van der Waals surface area contributed by atoms with Gasteiger partial charge in [-0.1, -0.05) is 12.0 Å². The third kappa shape index (κ3) is 3.69. The Kier molecular flexibility index (Phi) is 5.46.